The number of halogens is 1. The first-order chi connectivity index (χ1) is 10.3. The highest BCUT2D eigenvalue weighted by Gasteiger charge is 2.25. The Balaban J connectivity index is 2.49. The van der Waals surface area contributed by atoms with Crippen LogP contribution in [0.3, 0.4) is 0 Å². The third-order valence-corrected chi connectivity index (χ3v) is 3.76. The number of hydrogen-bond acceptors (Lipinski definition) is 3. The maximum atomic E-state index is 12.4. The van der Waals surface area contributed by atoms with Crippen LogP contribution >= 0.6 is 15.9 Å². The number of hydrogen-bond donors (Lipinski definition) is 3. The minimum Gasteiger partial charge on any atom is -0.480 e. The number of aromatic amines is 1. The van der Waals surface area contributed by atoms with Crippen molar-refractivity contribution in [3.05, 3.63) is 44.7 Å². The number of carbonyl (C=O) groups is 2. The molecular weight excluding hydrogens is 352 g/mol. The van der Waals surface area contributed by atoms with Gasteiger partial charge in [-0.25, -0.2) is 4.79 Å². The fraction of sp³-hybridized carbons (Fsp3) is 0.267. The maximum absolute atomic E-state index is 12.4. The number of H-pyrrole nitrogens is 1. The van der Waals surface area contributed by atoms with Crippen molar-refractivity contribution >= 4 is 38.7 Å². The van der Waals surface area contributed by atoms with Crippen molar-refractivity contribution in [1.29, 1.82) is 0 Å². The van der Waals surface area contributed by atoms with Gasteiger partial charge in [0, 0.05) is 21.4 Å². The van der Waals surface area contributed by atoms with Gasteiger partial charge in [0.15, 0.2) is 0 Å². The maximum Gasteiger partial charge on any atom is 0.326 e. The molecule has 2 aromatic rings. The van der Waals surface area contributed by atoms with Gasteiger partial charge in [0.2, 0.25) is 5.56 Å². The average molecular weight is 367 g/mol. The zero-order valence-corrected chi connectivity index (χ0v) is 13.6. The molecule has 0 aliphatic rings. The van der Waals surface area contributed by atoms with Crippen LogP contribution in [0.15, 0.2) is 33.5 Å². The van der Waals surface area contributed by atoms with Gasteiger partial charge < -0.3 is 15.4 Å². The van der Waals surface area contributed by atoms with Gasteiger partial charge in [-0.15, -0.1) is 0 Å². The van der Waals surface area contributed by atoms with E-state index in [-0.39, 0.29) is 11.5 Å². The van der Waals surface area contributed by atoms with Gasteiger partial charge in [0.25, 0.3) is 5.91 Å². The number of carboxylic acids is 1. The number of benzene rings is 1. The molecular formula is C15H15BrN2O4. The Labute approximate surface area is 134 Å². The fourth-order valence-electron chi connectivity index (χ4n) is 2.15. The minimum atomic E-state index is -1.11. The first-order valence-corrected chi connectivity index (χ1v) is 7.45. The predicted molar refractivity (Wildman–Crippen MR) is 86.0 cm³/mol. The third kappa shape index (κ3) is 3.36. The molecule has 0 aliphatic carbocycles. The number of aliphatic carboxylic acids is 1. The van der Waals surface area contributed by atoms with Crippen LogP contribution in [0.5, 0.6) is 0 Å². The Morgan fingerprint density at radius 1 is 1.27 bits per heavy atom. The first-order valence-electron chi connectivity index (χ1n) is 6.66. The van der Waals surface area contributed by atoms with Gasteiger partial charge in [-0.3, -0.25) is 9.59 Å². The molecule has 3 N–H and O–H groups in total. The molecule has 1 heterocycles. The Kier molecular flexibility index (Phi) is 4.65. The van der Waals surface area contributed by atoms with Crippen molar-refractivity contribution < 1.29 is 14.7 Å². The van der Waals surface area contributed by atoms with E-state index in [1.165, 1.54) is 6.07 Å². The zero-order chi connectivity index (χ0) is 16.4. The standard InChI is InChI=1S/C15H15BrN2O4/c1-7(2)13(15(21)22)18-14(20)10-6-12(19)17-11-4-3-8(16)5-9(10)11/h3-7,13H,1-2H3,(H,17,19)(H,18,20)(H,21,22)/t13-/m1/s1. The first kappa shape index (κ1) is 16.2. The topological polar surface area (TPSA) is 99.3 Å². The van der Waals surface area contributed by atoms with E-state index in [0.717, 1.165) is 4.47 Å². The summed E-state index contributed by atoms with van der Waals surface area (Å²) in [6.07, 6.45) is 0. The summed E-state index contributed by atoms with van der Waals surface area (Å²) in [5.74, 6) is -1.98. The molecule has 0 radical (unpaired) electrons. The van der Waals surface area contributed by atoms with E-state index in [1.54, 1.807) is 32.0 Å². The lowest BCUT2D eigenvalue weighted by molar-refractivity contribution is -0.140. The Morgan fingerprint density at radius 3 is 2.55 bits per heavy atom. The molecule has 1 amide bonds. The van der Waals surface area contributed by atoms with Gasteiger partial charge in [-0.2, -0.15) is 0 Å². The number of carboxylic acid groups (broad SMARTS) is 1. The fourth-order valence-corrected chi connectivity index (χ4v) is 2.51. The van der Waals surface area contributed by atoms with E-state index in [0.29, 0.717) is 10.9 Å². The lowest BCUT2D eigenvalue weighted by Gasteiger charge is -2.18. The second-order valence-electron chi connectivity index (χ2n) is 5.27. The predicted octanol–water partition coefficient (Wildman–Crippen LogP) is 2.13. The summed E-state index contributed by atoms with van der Waals surface area (Å²) in [5, 5.41) is 12.2. The van der Waals surface area contributed by atoms with Gasteiger partial charge in [0.05, 0.1) is 5.56 Å². The number of carbonyl (C=O) groups excluding carboxylic acids is 1. The van der Waals surface area contributed by atoms with Crippen molar-refractivity contribution in [3.63, 3.8) is 0 Å². The summed E-state index contributed by atoms with van der Waals surface area (Å²) in [6, 6.07) is 5.27. The van der Waals surface area contributed by atoms with E-state index >= 15 is 0 Å². The lowest BCUT2D eigenvalue weighted by atomic mass is 10.0. The van der Waals surface area contributed by atoms with Crippen molar-refractivity contribution in [2.24, 2.45) is 5.92 Å². The quantitative estimate of drug-likeness (QED) is 0.771. The van der Waals surface area contributed by atoms with Crippen LogP contribution in [-0.2, 0) is 4.79 Å². The molecule has 22 heavy (non-hydrogen) atoms. The molecule has 1 aromatic carbocycles. The zero-order valence-electron chi connectivity index (χ0n) is 12.0. The van der Waals surface area contributed by atoms with Crippen LogP contribution < -0.4 is 10.9 Å². The highest BCUT2D eigenvalue weighted by atomic mass is 79.9. The van der Waals surface area contributed by atoms with Gasteiger partial charge in [-0.05, 0) is 24.1 Å². The highest BCUT2D eigenvalue weighted by molar-refractivity contribution is 9.10. The summed E-state index contributed by atoms with van der Waals surface area (Å²) < 4.78 is 0.750. The summed E-state index contributed by atoms with van der Waals surface area (Å²) in [5.41, 5.74) is 0.237. The van der Waals surface area contributed by atoms with Gasteiger partial charge >= 0.3 is 5.97 Å². The molecule has 0 fully saturated rings. The summed E-state index contributed by atoms with van der Waals surface area (Å²) >= 11 is 3.31. The second-order valence-corrected chi connectivity index (χ2v) is 6.19. The molecule has 0 saturated heterocycles. The van der Waals surface area contributed by atoms with E-state index in [1.807, 2.05) is 0 Å². The Bertz CT molecular complexity index is 798. The van der Waals surface area contributed by atoms with Crippen LogP contribution in [0.2, 0.25) is 0 Å². The number of pyridine rings is 1. The molecule has 0 aliphatic heterocycles. The summed E-state index contributed by atoms with van der Waals surface area (Å²) in [7, 11) is 0. The molecule has 1 atom stereocenters. The van der Waals surface area contributed by atoms with Crippen LogP contribution in [-0.4, -0.2) is 28.0 Å². The monoisotopic (exact) mass is 366 g/mol. The molecule has 2 rings (SSSR count). The van der Waals surface area contributed by atoms with E-state index in [2.05, 4.69) is 26.2 Å². The average Bonchev–Trinajstić information content (AvgIpc) is 2.43. The molecule has 1 aromatic heterocycles. The van der Waals surface area contributed by atoms with Crippen LogP contribution in [0.1, 0.15) is 24.2 Å². The SMILES string of the molecule is CC(C)[C@@H](NC(=O)c1cc(=O)[nH]c2ccc(Br)cc12)C(=O)O. The Hall–Kier alpha value is -2.15. The van der Waals surface area contributed by atoms with Gasteiger partial charge in [-0.1, -0.05) is 29.8 Å². The lowest BCUT2D eigenvalue weighted by Crippen LogP contribution is -2.44. The van der Waals surface area contributed by atoms with E-state index < -0.39 is 23.5 Å². The number of rotatable bonds is 4. The Morgan fingerprint density at radius 2 is 1.95 bits per heavy atom. The molecule has 0 saturated carbocycles. The van der Waals surface area contributed by atoms with Crippen LogP contribution in [0.25, 0.3) is 10.9 Å². The van der Waals surface area contributed by atoms with Crippen LogP contribution in [0, 0.1) is 5.92 Å². The molecule has 116 valence electrons. The molecule has 0 spiro atoms. The summed E-state index contributed by atoms with van der Waals surface area (Å²) in [6.45, 7) is 3.40. The van der Waals surface area contributed by atoms with Crippen LogP contribution in [0.4, 0.5) is 0 Å². The number of nitrogens with one attached hydrogen (secondary N) is 2. The third-order valence-electron chi connectivity index (χ3n) is 3.27. The normalized spacial score (nSPS) is 12.4. The number of fused-ring (bicyclic) bond motifs is 1. The van der Waals surface area contributed by atoms with Crippen molar-refractivity contribution in [1.82, 2.24) is 10.3 Å². The van der Waals surface area contributed by atoms with Crippen molar-refractivity contribution in [2.45, 2.75) is 19.9 Å². The number of aromatic nitrogens is 1. The molecule has 7 heteroatoms. The largest absolute Gasteiger partial charge is 0.480 e. The number of amides is 1. The molecule has 6 nitrogen and oxygen atoms in total. The van der Waals surface area contributed by atoms with Gasteiger partial charge in [0.1, 0.15) is 6.04 Å². The van der Waals surface area contributed by atoms with Crippen molar-refractivity contribution in [3.8, 4) is 0 Å². The van der Waals surface area contributed by atoms with E-state index in [9.17, 15) is 14.4 Å². The molecule has 0 unspecified atom stereocenters. The van der Waals surface area contributed by atoms with E-state index in [4.69, 9.17) is 5.11 Å². The van der Waals surface area contributed by atoms with Crippen molar-refractivity contribution in [2.75, 3.05) is 0 Å². The highest BCUT2D eigenvalue weighted by Crippen LogP contribution is 2.20. The molecule has 0 bridgehead atoms. The second kappa shape index (κ2) is 6.31. The summed E-state index contributed by atoms with van der Waals surface area (Å²) in [4.78, 5) is 37.9. The smallest absolute Gasteiger partial charge is 0.326 e. The minimum absolute atomic E-state index is 0.145.